The van der Waals surface area contributed by atoms with Crippen LogP contribution in [0.3, 0.4) is 0 Å². The van der Waals surface area contributed by atoms with Crippen molar-refractivity contribution in [3.63, 3.8) is 0 Å². The number of amides is 2. The lowest BCUT2D eigenvalue weighted by atomic mass is 9.91. The number of nitrogens with two attached hydrogens (primary N) is 1. The summed E-state index contributed by atoms with van der Waals surface area (Å²) < 4.78 is 0. The predicted octanol–water partition coefficient (Wildman–Crippen LogP) is 2.42. The van der Waals surface area contributed by atoms with E-state index in [2.05, 4.69) is 25.5 Å². The first-order valence-corrected chi connectivity index (χ1v) is 9.61. The number of rotatable bonds is 3. The van der Waals surface area contributed by atoms with E-state index in [1.807, 2.05) is 31.2 Å². The molecule has 2 amide bonds. The number of nitrogens with one attached hydrogen (secondary N) is 2. The number of nitrogen functional groups attached to an aromatic ring is 1. The molecule has 2 aromatic rings. The molecule has 2 aliphatic heterocycles. The summed E-state index contributed by atoms with van der Waals surface area (Å²) in [4.78, 5) is 36.2. The number of carbonyl (C=O) groups excluding carboxylic acids is 2. The third kappa shape index (κ3) is 3.62. The summed E-state index contributed by atoms with van der Waals surface area (Å²) in [5.41, 5.74) is 8.44. The Morgan fingerprint density at radius 2 is 2.04 bits per heavy atom. The number of fused-ring (bicyclic) bond motifs is 1. The van der Waals surface area contributed by atoms with Gasteiger partial charge < -0.3 is 21.3 Å². The van der Waals surface area contributed by atoms with Crippen molar-refractivity contribution < 1.29 is 9.59 Å². The van der Waals surface area contributed by atoms with E-state index < -0.39 is 5.92 Å². The van der Waals surface area contributed by atoms with Gasteiger partial charge in [0.05, 0.1) is 11.5 Å². The SMILES string of the molecule is Cc1cccc(NC(=O)C2CC(=O)Nc3nc(N4CCCCC4)nc(N)c32)c1. The van der Waals surface area contributed by atoms with Crippen LogP contribution in [0, 0.1) is 6.92 Å². The van der Waals surface area contributed by atoms with Crippen LogP contribution >= 0.6 is 0 Å². The minimum atomic E-state index is -0.723. The maximum atomic E-state index is 12.9. The topological polar surface area (TPSA) is 113 Å². The largest absolute Gasteiger partial charge is 0.383 e. The molecule has 1 aromatic heterocycles. The van der Waals surface area contributed by atoms with Crippen molar-refractivity contribution in [1.29, 1.82) is 0 Å². The molecule has 4 N–H and O–H groups in total. The summed E-state index contributed by atoms with van der Waals surface area (Å²) in [6.07, 6.45) is 3.36. The zero-order valence-corrected chi connectivity index (χ0v) is 15.9. The first kappa shape index (κ1) is 18.2. The number of hydrogen-bond acceptors (Lipinski definition) is 6. The van der Waals surface area contributed by atoms with Crippen molar-refractivity contribution in [3.8, 4) is 0 Å². The first-order valence-electron chi connectivity index (χ1n) is 9.61. The highest BCUT2D eigenvalue weighted by atomic mass is 16.2. The molecule has 2 aliphatic rings. The number of aromatic nitrogens is 2. The summed E-state index contributed by atoms with van der Waals surface area (Å²) in [6, 6.07) is 7.51. The van der Waals surface area contributed by atoms with Crippen molar-refractivity contribution in [2.75, 3.05) is 34.4 Å². The molecular weight excluding hydrogens is 356 g/mol. The Bertz CT molecular complexity index is 923. The number of benzene rings is 1. The van der Waals surface area contributed by atoms with E-state index in [0.29, 0.717) is 23.0 Å². The molecule has 4 rings (SSSR count). The predicted molar refractivity (Wildman–Crippen MR) is 108 cm³/mol. The van der Waals surface area contributed by atoms with E-state index in [9.17, 15) is 9.59 Å². The number of hydrogen-bond donors (Lipinski definition) is 3. The molecule has 0 aliphatic carbocycles. The zero-order valence-electron chi connectivity index (χ0n) is 15.9. The van der Waals surface area contributed by atoms with E-state index in [-0.39, 0.29) is 24.1 Å². The van der Waals surface area contributed by atoms with Crippen molar-refractivity contribution in [1.82, 2.24) is 9.97 Å². The van der Waals surface area contributed by atoms with Crippen molar-refractivity contribution in [2.24, 2.45) is 0 Å². The fourth-order valence-corrected chi connectivity index (χ4v) is 3.80. The Morgan fingerprint density at radius 3 is 2.79 bits per heavy atom. The van der Waals surface area contributed by atoms with Crippen LogP contribution in [0.25, 0.3) is 0 Å². The molecular formula is C20H24N6O2. The normalized spacial score (nSPS) is 19.0. The molecule has 3 heterocycles. The standard InChI is InChI=1S/C20H24N6O2/c1-12-6-5-7-13(10-12)22-19(28)14-11-15(27)23-18-16(14)17(21)24-20(25-18)26-8-3-2-4-9-26/h5-7,10,14H,2-4,8-9,11H2,1H3,(H,22,28)(H3,21,23,24,25,27). The fourth-order valence-electron chi connectivity index (χ4n) is 3.80. The molecule has 1 fully saturated rings. The van der Waals surface area contributed by atoms with Crippen LogP contribution in [0.4, 0.5) is 23.3 Å². The summed E-state index contributed by atoms with van der Waals surface area (Å²) in [7, 11) is 0. The highest BCUT2D eigenvalue weighted by molar-refractivity contribution is 6.05. The molecule has 1 aromatic carbocycles. The lowest BCUT2D eigenvalue weighted by molar-refractivity contribution is -0.123. The Balaban J connectivity index is 1.64. The summed E-state index contributed by atoms with van der Waals surface area (Å²) in [5, 5.41) is 5.64. The Hall–Kier alpha value is -3.16. The second-order valence-corrected chi connectivity index (χ2v) is 7.38. The first-order chi connectivity index (χ1) is 13.5. The smallest absolute Gasteiger partial charge is 0.232 e. The molecule has 146 valence electrons. The third-order valence-electron chi connectivity index (χ3n) is 5.20. The van der Waals surface area contributed by atoms with E-state index in [0.717, 1.165) is 31.5 Å². The van der Waals surface area contributed by atoms with Gasteiger partial charge in [-0.25, -0.2) is 0 Å². The number of carbonyl (C=O) groups is 2. The summed E-state index contributed by atoms with van der Waals surface area (Å²) >= 11 is 0. The molecule has 0 radical (unpaired) electrons. The van der Waals surface area contributed by atoms with Gasteiger partial charge in [-0.1, -0.05) is 12.1 Å². The van der Waals surface area contributed by atoms with Crippen LogP contribution in [0.2, 0.25) is 0 Å². The highest BCUT2D eigenvalue weighted by Gasteiger charge is 2.35. The van der Waals surface area contributed by atoms with E-state index in [4.69, 9.17) is 5.73 Å². The summed E-state index contributed by atoms with van der Waals surface area (Å²) in [5.74, 6) is -0.165. The lowest BCUT2D eigenvalue weighted by Gasteiger charge is -2.30. The van der Waals surface area contributed by atoms with Gasteiger partial charge in [0.15, 0.2) is 0 Å². The van der Waals surface area contributed by atoms with Gasteiger partial charge in [-0.3, -0.25) is 9.59 Å². The fraction of sp³-hybridized carbons (Fsp3) is 0.400. The van der Waals surface area contributed by atoms with Gasteiger partial charge in [0.25, 0.3) is 0 Å². The maximum absolute atomic E-state index is 12.9. The van der Waals surface area contributed by atoms with Crippen LogP contribution in [0.1, 0.15) is 42.7 Å². The van der Waals surface area contributed by atoms with Crippen LogP contribution in [0.15, 0.2) is 24.3 Å². The van der Waals surface area contributed by atoms with Gasteiger partial charge in [0.2, 0.25) is 17.8 Å². The van der Waals surface area contributed by atoms with E-state index in [1.165, 1.54) is 6.42 Å². The Morgan fingerprint density at radius 1 is 1.25 bits per heavy atom. The van der Waals surface area contributed by atoms with Crippen molar-refractivity contribution in [3.05, 3.63) is 35.4 Å². The number of aryl methyl sites for hydroxylation is 1. The number of anilines is 4. The van der Waals surface area contributed by atoms with E-state index in [1.54, 1.807) is 0 Å². The maximum Gasteiger partial charge on any atom is 0.232 e. The molecule has 0 spiro atoms. The van der Waals surface area contributed by atoms with Crippen molar-refractivity contribution in [2.45, 2.75) is 38.5 Å². The minimum absolute atomic E-state index is 0.0151. The molecule has 1 unspecified atom stereocenters. The Labute approximate surface area is 163 Å². The Kier molecular flexibility index (Phi) is 4.85. The zero-order chi connectivity index (χ0) is 19.7. The minimum Gasteiger partial charge on any atom is -0.383 e. The molecule has 28 heavy (non-hydrogen) atoms. The lowest BCUT2D eigenvalue weighted by Crippen LogP contribution is -2.35. The van der Waals surface area contributed by atoms with Crippen LogP contribution in [-0.2, 0) is 9.59 Å². The van der Waals surface area contributed by atoms with Crippen LogP contribution < -0.4 is 21.3 Å². The van der Waals surface area contributed by atoms with Gasteiger partial charge in [0.1, 0.15) is 11.6 Å². The van der Waals surface area contributed by atoms with Crippen LogP contribution in [0.5, 0.6) is 0 Å². The van der Waals surface area contributed by atoms with Crippen molar-refractivity contribution >= 4 is 35.1 Å². The molecule has 8 heteroatoms. The highest BCUT2D eigenvalue weighted by Crippen LogP contribution is 2.36. The number of nitrogens with zero attached hydrogens (tertiary/aromatic N) is 3. The average Bonchev–Trinajstić information content (AvgIpc) is 2.67. The molecule has 8 nitrogen and oxygen atoms in total. The molecule has 0 saturated carbocycles. The van der Waals surface area contributed by atoms with E-state index >= 15 is 0 Å². The third-order valence-corrected chi connectivity index (χ3v) is 5.20. The second-order valence-electron chi connectivity index (χ2n) is 7.38. The molecule has 1 atom stereocenters. The summed E-state index contributed by atoms with van der Waals surface area (Å²) in [6.45, 7) is 3.68. The van der Waals surface area contributed by atoms with Crippen LogP contribution in [-0.4, -0.2) is 34.9 Å². The quantitative estimate of drug-likeness (QED) is 0.754. The number of piperidine rings is 1. The average molecular weight is 380 g/mol. The molecule has 0 bridgehead atoms. The second kappa shape index (κ2) is 7.46. The van der Waals surface area contributed by atoms with Gasteiger partial charge >= 0.3 is 0 Å². The van der Waals surface area contributed by atoms with Gasteiger partial charge in [-0.15, -0.1) is 0 Å². The van der Waals surface area contributed by atoms with Gasteiger partial charge in [-0.05, 0) is 43.9 Å². The van der Waals surface area contributed by atoms with Gasteiger partial charge in [-0.2, -0.15) is 9.97 Å². The molecule has 1 saturated heterocycles. The van der Waals surface area contributed by atoms with Gasteiger partial charge in [0, 0.05) is 25.2 Å². The monoisotopic (exact) mass is 380 g/mol.